The molecule has 0 bridgehead atoms. The molecule has 0 aromatic heterocycles. The van der Waals surface area contributed by atoms with Crippen molar-refractivity contribution in [1.29, 1.82) is 5.26 Å². The highest BCUT2D eigenvalue weighted by Gasteiger charge is 2.16. The molecule has 0 aliphatic carbocycles. The number of aromatic carboxylic acids is 1. The molecule has 0 fully saturated rings. The van der Waals surface area contributed by atoms with Gasteiger partial charge in [-0.2, -0.15) is 5.26 Å². The first-order valence-corrected chi connectivity index (χ1v) is 4.27. The van der Waals surface area contributed by atoms with E-state index in [1.165, 1.54) is 0 Å². The van der Waals surface area contributed by atoms with Crippen LogP contribution in [0.2, 0.25) is 0 Å². The number of rotatable bonds is 1. The number of hydrogen-bond donors (Lipinski definition) is 1. The van der Waals surface area contributed by atoms with E-state index in [1.807, 2.05) is 0 Å². The minimum atomic E-state index is -1.29. The van der Waals surface area contributed by atoms with Crippen LogP contribution in [0.1, 0.15) is 15.9 Å². The summed E-state index contributed by atoms with van der Waals surface area (Å²) in [4.78, 5) is 10.6. The molecule has 0 unspecified atom stereocenters. The van der Waals surface area contributed by atoms with E-state index in [0.717, 1.165) is 12.1 Å². The molecule has 0 saturated heterocycles. The average Bonchev–Trinajstić information content (AvgIpc) is 2.08. The molecular formula is C8H3FINO2. The summed E-state index contributed by atoms with van der Waals surface area (Å²) in [5, 5.41) is 17.2. The quantitative estimate of drug-likeness (QED) is 0.805. The van der Waals surface area contributed by atoms with E-state index in [9.17, 15) is 9.18 Å². The summed E-state index contributed by atoms with van der Waals surface area (Å²) >= 11 is 1.56. The molecule has 0 aliphatic rings. The molecule has 0 saturated carbocycles. The van der Waals surface area contributed by atoms with Crippen molar-refractivity contribution >= 4 is 28.6 Å². The third-order valence-electron chi connectivity index (χ3n) is 1.43. The van der Waals surface area contributed by atoms with Crippen LogP contribution in [0.15, 0.2) is 12.1 Å². The van der Waals surface area contributed by atoms with Gasteiger partial charge in [0.25, 0.3) is 0 Å². The largest absolute Gasteiger partial charge is 0.478 e. The summed E-state index contributed by atoms with van der Waals surface area (Å²) in [5.74, 6) is -1.92. The molecule has 0 radical (unpaired) electrons. The Hall–Kier alpha value is -1.16. The summed E-state index contributed by atoms with van der Waals surface area (Å²) in [6, 6.07) is 3.92. The molecule has 1 rings (SSSR count). The smallest absolute Gasteiger partial charge is 0.338 e. The third-order valence-corrected chi connectivity index (χ3v) is 2.48. The second-order valence-electron chi connectivity index (χ2n) is 2.20. The third kappa shape index (κ3) is 1.78. The van der Waals surface area contributed by atoms with Crippen molar-refractivity contribution in [2.45, 2.75) is 0 Å². The number of carboxylic acids is 1. The zero-order valence-corrected chi connectivity index (χ0v) is 8.37. The lowest BCUT2D eigenvalue weighted by Gasteiger charge is -2.01. The summed E-state index contributed by atoms with van der Waals surface area (Å²) in [6.45, 7) is 0. The summed E-state index contributed by atoms with van der Waals surface area (Å²) < 4.78 is 12.8. The van der Waals surface area contributed by atoms with E-state index in [-0.39, 0.29) is 14.7 Å². The normalized spacial score (nSPS) is 9.31. The molecule has 66 valence electrons. The highest BCUT2D eigenvalue weighted by molar-refractivity contribution is 14.1. The lowest BCUT2D eigenvalue weighted by Crippen LogP contribution is -2.05. The van der Waals surface area contributed by atoms with Crippen LogP contribution in [0.5, 0.6) is 0 Å². The fourth-order valence-electron chi connectivity index (χ4n) is 0.853. The predicted octanol–water partition coefficient (Wildman–Crippen LogP) is 2.00. The van der Waals surface area contributed by atoms with Gasteiger partial charge in [-0.25, -0.2) is 9.18 Å². The van der Waals surface area contributed by atoms with Gasteiger partial charge < -0.3 is 5.11 Å². The Labute approximate surface area is 86.9 Å². The summed E-state index contributed by atoms with van der Waals surface area (Å²) in [7, 11) is 0. The average molecular weight is 291 g/mol. The first-order valence-electron chi connectivity index (χ1n) is 3.19. The first kappa shape index (κ1) is 9.92. The Balaban J connectivity index is 3.53. The van der Waals surface area contributed by atoms with Crippen LogP contribution in [-0.2, 0) is 0 Å². The topological polar surface area (TPSA) is 61.1 Å². The number of carbonyl (C=O) groups is 1. The molecule has 0 spiro atoms. The minimum Gasteiger partial charge on any atom is -0.478 e. The monoisotopic (exact) mass is 291 g/mol. The van der Waals surface area contributed by atoms with Gasteiger partial charge in [0, 0.05) is 0 Å². The fraction of sp³-hybridized carbons (Fsp3) is 0. The molecule has 3 nitrogen and oxygen atoms in total. The van der Waals surface area contributed by atoms with Crippen molar-refractivity contribution in [3.63, 3.8) is 0 Å². The van der Waals surface area contributed by atoms with E-state index in [4.69, 9.17) is 10.4 Å². The minimum absolute atomic E-state index is 0.0294. The zero-order chi connectivity index (χ0) is 10.0. The number of halogens is 2. The molecule has 0 aliphatic heterocycles. The van der Waals surface area contributed by atoms with Crippen molar-refractivity contribution in [1.82, 2.24) is 0 Å². The Morgan fingerprint density at radius 1 is 1.62 bits per heavy atom. The molecule has 13 heavy (non-hydrogen) atoms. The van der Waals surface area contributed by atoms with E-state index in [0.29, 0.717) is 0 Å². The van der Waals surface area contributed by atoms with Crippen molar-refractivity contribution < 1.29 is 14.3 Å². The highest BCUT2D eigenvalue weighted by atomic mass is 127. The SMILES string of the molecule is N#Cc1ccc(F)c(I)c1C(=O)O. The van der Waals surface area contributed by atoms with Gasteiger partial charge in [-0.3, -0.25) is 0 Å². The molecule has 0 amide bonds. The molecule has 1 aromatic rings. The highest BCUT2D eigenvalue weighted by Crippen LogP contribution is 2.19. The Morgan fingerprint density at radius 2 is 2.23 bits per heavy atom. The predicted molar refractivity (Wildman–Crippen MR) is 50.8 cm³/mol. The second-order valence-corrected chi connectivity index (χ2v) is 3.28. The standard InChI is InChI=1S/C8H3FINO2/c9-5-2-1-4(3-11)6(7(5)10)8(12)13/h1-2H,(H,12,13). The molecule has 1 N–H and O–H groups in total. The van der Waals surface area contributed by atoms with E-state index >= 15 is 0 Å². The molecular weight excluding hydrogens is 288 g/mol. The van der Waals surface area contributed by atoms with Crippen LogP contribution < -0.4 is 0 Å². The van der Waals surface area contributed by atoms with Crippen LogP contribution in [0.3, 0.4) is 0 Å². The lowest BCUT2D eigenvalue weighted by atomic mass is 10.1. The van der Waals surface area contributed by atoms with Gasteiger partial charge in [0.15, 0.2) is 0 Å². The van der Waals surface area contributed by atoms with Crippen LogP contribution in [-0.4, -0.2) is 11.1 Å². The van der Waals surface area contributed by atoms with Gasteiger partial charge in [-0.05, 0) is 34.7 Å². The first-order chi connectivity index (χ1) is 6.07. The molecule has 0 heterocycles. The van der Waals surface area contributed by atoms with E-state index < -0.39 is 11.8 Å². The van der Waals surface area contributed by atoms with Crippen LogP contribution in [0.4, 0.5) is 4.39 Å². The Morgan fingerprint density at radius 3 is 2.69 bits per heavy atom. The Bertz CT molecular complexity index is 411. The van der Waals surface area contributed by atoms with Gasteiger partial charge in [0.2, 0.25) is 0 Å². The molecule has 1 aromatic carbocycles. The second kappa shape index (κ2) is 3.70. The van der Waals surface area contributed by atoms with Crippen molar-refractivity contribution in [3.05, 3.63) is 32.6 Å². The maximum Gasteiger partial charge on any atom is 0.338 e. The maximum absolute atomic E-state index is 12.9. The van der Waals surface area contributed by atoms with Gasteiger partial charge in [0.05, 0.1) is 14.7 Å². The maximum atomic E-state index is 12.9. The van der Waals surface area contributed by atoms with Crippen LogP contribution >= 0.6 is 22.6 Å². The van der Waals surface area contributed by atoms with Gasteiger partial charge in [-0.1, -0.05) is 0 Å². The lowest BCUT2D eigenvalue weighted by molar-refractivity contribution is 0.0694. The van der Waals surface area contributed by atoms with E-state index in [2.05, 4.69) is 0 Å². The number of nitriles is 1. The van der Waals surface area contributed by atoms with Crippen molar-refractivity contribution in [2.24, 2.45) is 0 Å². The van der Waals surface area contributed by atoms with Gasteiger partial charge >= 0.3 is 5.97 Å². The van der Waals surface area contributed by atoms with Crippen LogP contribution in [0, 0.1) is 20.7 Å². The van der Waals surface area contributed by atoms with Crippen molar-refractivity contribution in [3.8, 4) is 6.07 Å². The number of benzene rings is 1. The van der Waals surface area contributed by atoms with E-state index in [1.54, 1.807) is 28.7 Å². The fourth-order valence-corrected chi connectivity index (χ4v) is 1.55. The number of hydrogen-bond acceptors (Lipinski definition) is 2. The number of nitrogens with zero attached hydrogens (tertiary/aromatic N) is 1. The zero-order valence-electron chi connectivity index (χ0n) is 6.21. The Kier molecular flexibility index (Phi) is 2.83. The van der Waals surface area contributed by atoms with Crippen LogP contribution in [0.25, 0.3) is 0 Å². The van der Waals surface area contributed by atoms with Gasteiger partial charge in [-0.15, -0.1) is 0 Å². The van der Waals surface area contributed by atoms with Crippen molar-refractivity contribution in [2.75, 3.05) is 0 Å². The number of carboxylic acid groups (broad SMARTS) is 1. The molecule has 5 heteroatoms. The molecule has 0 atom stereocenters. The summed E-state index contributed by atoms with van der Waals surface area (Å²) in [6.07, 6.45) is 0. The van der Waals surface area contributed by atoms with Gasteiger partial charge in [0.1, 0.15) is 11.9 Å². The summed E-state index contributed by atoms with van der Waals surface area (Å²) in [5.41, 5.74) is -0.304.